The molecule has 0 spiro atoms. The number of carbonyl (C=O) groups excluding carboxylic acids is 1. The number of nitro groups is 1. The van der Waals surface area contributed by atoms with Crippen molar-refractivity contribution in [3.05, 3.63) is 22.2 Å². The third-order valence-corrected chi connectivity index (χ3v) is 4.38. The van der Waals surface area contributed by atoms with E-state index in [0.717, 1.165) is 17.9 Å². The van der Waals surface area contributed by atoms with Gasteiger partial charge in [0, 0.05) is 11.8 Å². The molecular formula is C12H13N3O4S. The van der Waals surface area contributed by atoms with E-state index in [9.17, 15) is 14.9 Å². The maximum Gasteiger partial charge on any atom is 0.296 e. The first-order valence-corrected chi connectivity index (χ1v) is 7.38. The monoisotopic (exact) mass is 295 g/mol. The fourth-order valence-corrected chi connectivity index (χ4v) is 3.40. The van der Waals surface area contributed by atoms with Crippen LogP contribution in [0.2, 0.25) is 0 Å². The number of ether oxygens (including phenoxy) is 1. The van der Waals surface area contributed by atoms with Crippen molar-refractivity contribution in [1.29, 1.82) is 0 Å². The van der Waals surface area contributed by atoms with Crippen LogP contribution >= 0.6 is 11.8 Å². The lowest BCUT2D eigenvalue weighted by Crippen LogP contribution is -2.26. The number of hydrogen-bond acceptors (Lipinski definition) is 6. The van der Waals surface area contributed by atoms with Gasteiger partial charge in [-0.25, -0.2) is 0 Å². The van der Waals surface area contributed by atoms with Gasteiger partial charge in [-0.3, -0.25) is 14.9 Å². The average Bonchev–Trinajstić information content (AvgIpc) is 2.90. The second-order valence-corrected chi connectivity index (χ2v) is 5.81. The lowest BCUT2D eigenvalue weighted by Gasteiger charge is -2.20. The zero-order chi connectivity index (χ0) is 14.1. The van der Waals surface area contributed by atoms with Gasteiger partial charge in [0.25, 0.3) is 11.6 Å². The number of amides is 1. The normalized spacial score (nSPS) is 20.8. The zero-order valence-corrected chi connectivity index (χ0v) is 11.4. The number of fused-ring (bicyclic) bond motifs is 1. The van der Waals surface area contributed by atoms with E-state index in [1.165, 1.54) is 6.07 Å². The molecule has 1 aromatic carbocycles. The summed E-state index contributed by atoms with van der Waals surface area (Å²) in [5, 5.41) is 17.0. The van der Waals surface area contributed by atoms with Gasteiger partial charge in [0.05, 0.1) is 16.7 Å². The van der Waals surface area contributed by atoms with Gasteiger partial charge >= 0.3 is 0 Å². The molecule has 0 aliphatic carbocycles. The molecule has 8 heteroatoms. The minimum atomic E-state index is -0.440. The summed E-state index contributed by atoms with van der Waals surface area (Å²) in [6.07, 6.45) is 0.974. The first kappa shape index (κ1) is 13.0. The van der Waals surface area contributed by atoms with Crippen LogP contribution in [0.3, 0.4) is 0 Å². The highest BCUT2D eigenvalue weighted by Crippen LogP contribution is 2.38. The molecule has 1 aromatic rings. The lowest BCUT2D eigenvalue weighted by molar-refractivity contribution is -0.384. The van der Waals surface area contributed by atoms with Crippen LogP contribution in [0.1, 0.15) is 6.42 Å². The largest absolute Gasteiger partial charge is 0.481 e. The van der Waals surface area contributed by atoms with Gasteiger partial charge in [-0.1, -0.05) is 0 Å². The molecule has 0 radical (unpaired) electrons. The Bertz CT molecular complexity index is 572. The molecule has 7 nitrogen and oxygen atoms in total. The van der Waals surface area contributed by atoms with Gasteiger partial charge in [0.1, 0.15) is 5.69 Å². The van der Waals surface area contributed by atoms with Gasteiger partial charge < -0.3 is 15.4 Å². The molecule has 1 unspecified atom stereocenters. The summed E-state index contributed by atoms with van der Waals surface area (Å²) in [6.45, 7) is -0.115. The zero-order valence-electron chi connectivity index (χ0n) is 10.5. The van der Waals surface area contributed by atoms with E-state index in [2.05, 4.69) is 10.6 Å². The van der Waals surface area contributed by atoms with Crippen LogP contribution in [0.4, 0.5) is 17.1 Å². The van der Waals surface area contributed by atoms with E-state index in [1.54, 1.807) is 6.07 Å². The maximum absolute atomic E-state index is 11.3. The number of nitrogens with one attached hydrogen (secondary N) is 2. The molecular weight excluding hydrogens is 282 g/mol. The van der Waals surface area contributed by atoms with Crippen molar-refractivity contribution in [2.75, 3.05) is 28.7 Å². The number of anilines is 2. The molecule has 1 fully saturated rings. The van der Waals surface area contributed by atoms with Gasteiger partial charge in [0.2, 0.25) is 0 Å². The molecule has 106 valence electrons. The fourth-order valence-electron chi connectivity index (χ4n) is 2.25. The van der Waals surface area contributed by atoms with E-state index in [0.29, 0.717) is 17.1 Å². The molecule has 1 amide bonds. The van der Waals surface area contributed by atoms with E-state index in [1.807, 2.05) is 11.8 Å². The molecule has 2 heterocycles. The number of rotatable bonds is 3. The van der Waals surface area contributed by atoms with Gasteiger partial charge in [-0.15, -0.1) is 0 Å². The van der Waals surface area contributed by atoms with E-state index in [-0.39, 0.29) is 24.2 Å². The molecule has 20 heavy (non-hydrogen) atoms. The van der Waals surface area contributed by atoms with E-state index >= 15 is 0 Å². The van der Waals surface area contributed by atoms with Crippen LogP contribution in [0.25, 0.3) is 0 Å². The number of carbonyl (C=O) groups is 1. The van der Waals surface area contributed by atoms with Crippen molar-refractivity contribution in [3.63, 3.8) is 0 Å². The van der Waals surface area contributed by atoms with Crippen molar-refractivity contribution in [2.45, 2.75) is 12.5 Å². The highest BCUT2D eigenvalue weighted by atomic mass is 32.2. The number of benzene rings is 1. The Hall–Kier alpha value is -1.96. The summed E-state index contributed by atoms with van der Waals surface area (Å²) in [5.41, 5.74) is 0.865. The summed E-state index contributed by atoms with van der Waals surface area (Å²) in [6, 6.07) is 3.16. The highest BCUT2D eigenvalue weighted by molar-refractivity contribution is 7.99. The Kier molecular flexibility index (Phi) is 3.39. The Labute approximate surface area is 119 Å². The fraction of sp³-hybridized carbons (Fsp3) is 0.417. The quantitative estimate of drug-likeness (QED) is 0.653. The van der Waals surface area contributed by atoms with Crippen molar-refractivity contribution < 1.29 is 14.5 Å². The summed E-state index contributed by atoms with van der Waals surface area (Å²) in [5.74, 6) is 2.06. The van der Waals surface area contributed by atoms with Crippen molar-refractivity contribution in [3.8, 4) is 5.75 Å². The van der Waals surface area contributed by atoms with Crippen molar-refractivity contribution in [2.24, 2.45) is 0 Å². The molecule has 2 aliphatic heterocycles. The van der Waals surface area contributed by atoms with Crippen molar-refractivity contribution >= 4 is 34.7 Å². The van der Waals surface area contributed by atoms with Crippen LogP contribution in [0.15, 0.2) is 12.1 Å². The molecule has 0 bridgehead atoms. The summed E-state index contributed by atoms with van der Waals surface area (Å²) >= 11 is 1.82. The summed E-state index contributed by atoms with van der Waals surface area (Å²) in [7, 11) is 0. The number of hydrogen-bond donors (Lipinski definition) is 2. The maximum atomic E-state index is 11.3. The lowest BCUT2D eigenvalue weighted by atomic mass is 10.1. The molecule has 1 atom stereocenters. The summed E-state index contributed by atoms with van der Waals surface area (Å²) in [4.78, 5) is 22.0. The Morgan fingerprint density at radius 3 is 3.05 bits per heavy atom. The third kappa shape index (κ3) is 2.51. The minimum Gasteiger partial charge on any atom is -0.481 e. The van der Waals surface area contributed by atoms with Gasteiger partial charge in [-0.2, -0.15) is 11.8 Å². The predicted molar refractivity (Wildman–Crippen MR) is 76.6 cm³/mol. The second kappa shape index (κ2) is 5.20. The van der Waals surface area contributed by atoms with Gasteiger partial charge in [0.15, 0.2) is 12.4 Å². The molecule has 2 N–H and O–H groups in total. The Morgan fingerprint density at radius 2 is 2.35 bits per heavy atom. The highest BCUT2D eigenvalue weighted by Gasteiger charge is 2.25. The van der Waals surface area contributed by atoms with Crippen LogP contribution in [-0.4, -0.2) is 35.0 Å². The second-order valence-electron chi connectivity index (χ2n) is 4.66. The van der Waals surface area contributed by atoms with Gasteiger partial charge in [-0.05, 0) is 18.2 Å². The summed E-state index contributed by atoms with van der Waals surface area (Å²) < 4.78 is 5.20. The average molecular weight is 295 g/mol. The van der Waals surface area contributed by atoms with Crippen LogP contribution < -0.4 is 15.4 Å². The molecule has 0 saturated carbocycles. The Morgan fingerprint density at radius 1 is 1.50 bits per heavy atom. The number of thioether (sulfide) groups is 1. The first-order chi connectivity index (χ1) is 9.63. The topological polar surface area (TPSA) is 93.5 Å². The molecule has 0 aromatic heterocycles. The smallest absolute Gasteiger partial charge is 0.296 e. The molecule has 2 aliphatic rings. The number of nitro benzene ring substituents is 1. The molecule has 3 rings (SSSR count). The molecule has 1 saturated heterocycles. The van der Waals surface area contributed by atoms with E-state index < -0.39 is 4.92 Å². The van der Waals surface area contributed by atoms with E-state index in [4.69, 9.17) is 4.74 Å². The Balaban J connectivity index is 1.95. The van der Waals surface area contributed by atoms with Crippen LogP contribution in [-0.2, 0) is 4.79 Å². The van der Waals surface area contributed by atoms with Crippen molar-refractivity contribution in [1.82, 2.24) is 0 Å². The van der Waals surface area contributed by atoms with Crippen LogP contribution in [0.5, 0.6) is 5.75 Å². The van der Waals surface area contributed by atoms with Crippen LogP contribution in [0, 0.1) is 10.1 Å². The number of nitrogens with zero attached hydrogens (tertiary/aromatic N) is 1. The third-order valence-electron chi connectivity index (χ3n) is 3.22. The predicted octanol–water partition coefficient (Wildman–Crippen LogP) is 1.84. The standard InChI is InChI=1S/C12H13N3O4S/c16-12-5-19-11-4-10(15(17)18)8(3-9(11)14-12)13-7-1-2-20-6-7/h3-4,7,13H,1-2,5-6H2,(H,14,16). The minimum absolute atomic E-state index is 0.0307. The first-order valence-electron chi connectivity index (χ1n) is 6.23. The SMILES string of the molecule is O=C1COc2cc([N+](=O)[O-])c(NC3CCSC3)cc2N1.